The lowest BCUT2D eigenvalue weighted by molar-refractivity contribution is -0.140. The van der Waals surface area contributed by atoms with E-state index in [0.717, 1.165) is 83.4 Å². The van der Waals surface area contributed by atoms with Gasteiger partial charge in [-0.1, -0.05) is 37.5 Å². The first-order chi connectivity index (χ1) is 18.5. The number of ketones is 1. The molecule has 4 bridgehead atoms. The van der Waals surface area contributed by atoms with Crippen LogP contribution in [0.3, 0.4) is 0 Å². The van der Waals surface area contributed by atoms with Crippen molar-refractivity contribution in [1.82, 2.24) is 4.98 Å². The molecule has 3 aromatic rings. The third kappa shape index (κ3) is 4.54. The van der Waals surface area contributed by atoms with Gasteiger partial charge >= 0.3 is 0 Å². The average Bonchev–Trinajstić information content (AvgIpc) is 3.35. The van der Waals surface area contributed by atoms with Crippen molar-refractivity contribution >= 4 is 34.0 Å². The molecule has 2 aromatic carbocycles. The third-order valence-corrected chi connectivity index (χ3v) is 10.1. The van der Waals surface area contributed by atoms with Crippen LogP contribution in [-0.2, 0) is 9.59 Å². The molecule has 1 amide bonds. The van der Waals surface area contributed by atoms with E-state index in [2.05, 4.69) is 45.9 Å². The van der Waals surface area contributed by atoms with Gasteiger partial charge in [0.1, 0.15) is 0 Å². The average molecular weight is 510 g/mol. The fraction of sp³-hybridized carbons (Fsp3) is 0.515. The van der Waals surface area contributed by atoms with Gasteiger partial charge in [0.2, 0.25) is 5.91 Å². The summed E-state index contributed by atoms with van der Waals surface area (Å²) < 4.78 is 0. The number of carbonyl (C=O) groups excluding carboxylic acids is 2. The molecule has 8 rings (SSSR count). The molecule has 1 aromatic heterocycles. The van der Waals surface area contributed by atoms with Crippen molar-refractivity contribution in [1.29, 1.82) is 0 Å². The molecular formula is C33H39N3O2. The van der Waals surface area contributed by atoms with Crippen LogP contribution in [-0.4, -0.2) is 23.2 Å². The van der Waals surface area contributed by atoms with Crippen LogP contribution in [0.1, 0.15) is 70.6 Å². The number of anilines is 2. The van der Waals surface area contributed by atoms with Crippen LogP contribution >= 0.6 is 0 Å². The smallest absolute Gasteiger partial charge is 0.230 e. The fourth-order valence-corrected chi connectivity index (χ4v) is 8.54. The summed E-state index contributed by atoms with van der Waals surface area (Å²) in [6, 6.07) is 16.6. The van der Waals surface area contributed by atoms with E-state index >= 15 is 0 Å². The standard InChI is InChI=1S/C33H39N3O2/c37-31(25-4-2-1-3-5-25)20-34-27-9-6-24(7-10-27)29-15-26-8-11-28(16-30(26)36-29)35-32(38)33-17-21-12-22(18-33)14-23(13-21)19-33/h6-11,15-16,21-23,25,34,36H,1-5,12-14,17-20H2,(H,35,38). The zero-order valence-corrected chi connectivity index (χ0v) is 22.2. The Morgan fingerprint density at radius 2 is 1.47 bits per heavy atom. The third-order valence-electron chi connectivity index (χ3n) is 10.1. The van der Waals surface area contributed by atoms with Gasteiger partial charge in [-0.05, 0) is 105 Å². The number of carbonyl (C=O) groups is 2. The summed E-state index contributed by atoms with van der Waals surface area (Å²) in [6.07, 6.45) is 13.0. The molecular weight excluding hydrogens is 470 g/mol. The van der Waals surface area contributed by atoms with Gasteiger partial charge in [0.25, 0.3) is 0 Å². The van der Waals surface area contributed by atoms with Crippen molar-refractivity contribution in [3.8, 4) is 11.3 Å². The Morgan fingerprint density at radius 3 is 2.16 bits per heavy atom. The van der Waals surface area contributed by atoms with Crippen LogP contribution in [0, 0.1) is 29.1 Å². The highest BCUT2D eigenvalue weighted by Gasteiger charge is 2.54. The Morgan fingerprint density at radius 1 is 0.816 bits per heavy atom. The molecule has 1 heterocycles. The van der Waals surface area contributed by atoms with Crippen molar-refractivity contribution in [3.05, 3.63) is 48.5 Å². The number of fused-ring (bicyclic) bond motifs is 1. The first-order valence-electron chi connectivity index (χ1n) is 14.8. The number of aromatic amines is 1. The minimum atomic E-state index is -0.137. The highest BCUT2D eigenvalue weighted by molar-refractivity contribution is 5.98. The summed E-state index contributed by atoms with van der Waals surface area (Å²) in [7, 11) is 0. The SMILES string of the molecule is O=C(CNc1ccc(-c2cc3ccc(NC(=O)C45CC6CC(CC(C6)C4)C5)cc3[nH]2)cc1)C1CCCCC1. The molecule has 5 fully saturated rings. The Balaban J connectivity index is 1.01. The highest BCUT2D eigenvalue weighted by atomic mass is 16.2. The van der Waals surface area contributed by atoms with Crippen molar-refractivity contribution in [2.24, 2.45) is 29.1 Å². The topological polar surface area (TPSA) is 74.0 Å². The number of benzene rings is 2. The maximum atomic E-state index is 13.5. The van der Waals surface area contributed by atoms with E-state index in [0.29, 0.717) is 12.3 Å². The molecule has 5 aliphatic rings. The Kier molecular flexibility index (Phi) is 6.05. The number of rotatable bonds is 7. The molecule has 0 aliphatic heterocycles. The first-order valence-corrected chi connectivity index (χ1v) is 14.8. The van der Waals surface area contributed by atoms with Gasteiger partial charge in [-0.25, -0.2) is 0 Å². The van der Waals surface area contributed by atoms with Gasteiger partial charge < -0.3 is 15.6 Å². The van der Waals surface area contributed by atoms with E-state index in [1.165, 1.54) is 38.5 Å². The molecule has 5 aliphatic carbocycles. The lowest BCUT2D eigenvalue weighted by Crippen LogP contribution is -2.51. The Hall–Kier alpha value is -3.08. The van der Waals surface area contributed by atoms with E-state index in [4.69, 9.17) is 0 Å². The number of nitrogens with one attached hydrogen (secondary N) is 3. The van der Waals surface area contributed by atoms with Gasteiger partial charge in [0.05, 0.1) is 12.0 Å². The van der Waals surface area contributed by atoms with E-state index in [1.807, 2.05) is 18.2 Å². The zero-order chi connectivity index (χ0) is 25.7. The molecule has 0 spiro atoms. The van der Waals surface area contributed by atoms with Crippen LogP contribution in [0.25, 0.3) is 22.2 Å². The normalized spacial score (nSPS) is 28.5. The quantitative estimate of drug-likeness (QED) is 0.308. The van der Waals surface area contributed by atoms with Crippen molar-refractivity contribution < 1.29 is 9.59 Å². The highest BCUT2D eigenvalue weighted by Crippen LogP contribution is 2.60. The zero-order valence-electron chi connectivity index (χ0n) is 22.2. The minimum absolute atomic E-state index is 0.137. The number of Topliss-reactive ketones (excluding diaryl/α,β-unsaturated/α-hetero) is 1. The summed E-state index contributed by atoms with van der Waals surface area (Å²) in [5, 5.41) is 7.75. The molecule has 0 unspecified atom stereocenters. The van der Waals surface area contributed by atoms with Gasteiger partial charge in [-0.2, -0.15) is 0 Å². The van der Waals surface area contributed by atoms with Crippen LogP contribution in [0.2, 0.25) is 0 Å². The largest absolute Gasteiger partial charge is 0.378 e. The number of amides is 1. The molecule has 0 saturated heterocycles. The van der Waals surface area contributed by atoms with Gasteiger partial charge in [-0.15, -0.1) is 0 Å². The maximum Gasteiger partial charge on any atom is 0.230 e. The summed E-state index contributed by atoms with van der Waals surface area (Å²) in [4.78, 5) is 29.6. The molecule has 5 saturated carbocycles. The van der Waals surface area contributed by atoms with Crippen LogP contribution in [0.5, 0.6) is 0 Å². The fourth-order valence-electron chi connectivity index (χ4n) is 8.54. The summed E-state index contributed by atoms with van der Waals surface area (Å²) >= 11 is 0. The minimum Gasteiger partial charge on any atom is -0.378 e. The lowest BCUT2D eigenvalue weighted by atomic mass is 9.49. The lowest BCUT2D eigenvalue weighted by Gasteiger charge is -2.55. The van der Waals surface area contributed by atoms with Crippen LogP contribution in [0.15, 0.2) is 48.5 Å². The summed E-state index contributed by atoms with van der Waals surface area (Å²) in [6.45, 7) is 0.411. The number of H-pyrrole nitrogens is 1. The molecule has 0 atom stereocenters. The molecule has 3 N–H and O–H groups in total. The van der Waals surface area contributed by atoms with Crippen molar-refractivity contribution in [3.63, 3.8) is 0 Å². The van der Waals surface area contributed by atoms with Gasteiger partial charge in [-0.3, -0.25) is 9.59 Å². The predicted octanol–water partition coefficient (Wildman–Crippen LogP) is 7.55. The monoisotopic (exact) mass is 509 g/mol. The van der Waals surface area contributed by atoms with E-state index in [1.54, 1.807) is 0 Å². The van der Waals surface area contributed by atoms with Crippen molar-refractivity contribution in [2.45, 2.75) is 70.6 Å². The van der Waals surface area contributed by atoms with Gasteiger partial charge in [0, 0.05) is 33.9 Å². The molecule has 0 radical (unpaired) electrons. The Bertz CT molecular complexity index is 1310. The number of hydrogen-bond donors (Lipinski definition) is 3. The molecule has 5 nitrogen and oxygen atoms in total. The second-order valence-electron chi connectivity index (χ2n) is 12.9. The molecule has 198 valence electrons. The second kappa shape index (κ2) is 9.59. The van der Waals surface area contributed by atoms with Gasteiger partial charge in [0.15, 0.2) is 5.78 Å². The first kappa shape index (κ1) is 24.0. The summed E-state index contributed by atoms with van der Waals surface area (Å²) in [5.74, 6) is 3.12. The van der Waals surface area contributed by atoms with E-state index in [9.17, 15) is 9.59 Å². The van der Waals surface area contributed by atoms with Crippen molar-refractivity contribution in [2.75, 3.05) is 17.2 Å². The second-order valence-corrected chi connectivity index (χ2v) is 12.9. The maximum absolute atomic E-state index is 13.5. The molecule has 5 heteroatoms. The van der Waals surface area contributed by atoms with Crippen LogP contribution in [0.4, 0.5) is 11.4 Å². The number of hydrogen-bond acceptors (Lipinski definition) is 3. The van der Waals surface area contributed by atoms with Crippen LogP contribution < -0.4 is 10.6 Å². The Labute approximate surface area is 225 Å². The molecule has 38 heavy (non-hydrogen) atoms. The summed E-state index contributed by atoms with van der Waals surface area (Å²) in [5.41, 5.74) is 4.90. The van der Waals surface area contributed by atoms with E-state index in [-0.39, 0.29) is 17.2 Å². The number of aromatic nitrogens is 1. The predicted molar refractivity (Wildman–Crippen MR) is 153 cm³/mol. The van der Waals surface area contributed by atoms with E-state index < -0.39 is 0 Å².